The molecule has 7 heteroatoms. The zero-order chi connectivity index (χ0) is 14.8. The number of hydrogen-bond donors (Lipinski definition) is 1. The van der Waals surface area contributed by atoms with Crippen LogP contribution in [0.1, 0.15) is 30.2 Å². The van der Waals surface area contributed by atoms with E-state index in [0.717, 1.165) is 25.5 Å². The first-order valence-electron chi connectivity index (χ1n) is 6.84. The molecular formula is C14H15F2N3O2. The Morgan fingerprint density at radius 3 is 3.05 bits per heavy atom. The summed E-state index contributed by atoms with van der Waals surface area (Å²) >= 11 is 0. The number of H-pyrrole nitrogens is 1. The minimum atomic E-state index is -0.834. The van der Waals surface area contributed by atoms with Crippen molar-refractivity contribution in [1.29, 1.82) is 0 Å². The second kappa shape index (κ2) is 5.77. The lowest BCUT2D eigenvalue weighted by Crippen LogP contribution is -2.34. The van der Waals surface area contributed by atoms with Gasteiger partial charge in [0.1, 0.15) is 0 Å². The van der Waals surface area contributed by atoms with E-state index in [0.29, 0.717) is 24.5 Å². The number of nitrogens with zero attached hydrogens (tertiary/aromatic N) is 2. The predicted octanol–water partition coefficient (Wildman–Crippen LogP) is 2.02. The molecule has 21 heavy (non-hydrogen) atoms. The molecule has 1 saturated heterocycles. The molecule has 0 saturated carbocycles. The van der Waals surface area contributed by atoms with E-state index in [-0.39, 0.29) is 5.92 Å². The Balaban J connectivity index is 1.71. The van der Waals surface area contributed by atoms with E-state index < -0.39 is 17.4 Å². The molecule has 112 valence electrons. The highest BCUT2D eigenvalue weighted by Gasteiger charge is 2.26. The zero-order valence-electron chi connectivity index (χ0n) is 11.3. The third kappa shape index (κ3) is 3.02. The Hall–Kier alpha value is -2.02. The summed E-state index contributed by atoms with van der Waals surface area (Å²) in [5.74, 6) is -1.83. The molecule has 0 unspecified atom stereocenters. The maximum absolute atomic E-state index is 13.7. The third-order valence-corrected chi connectivity index (χ3v) is 3.73. The molecule has 1 aliphatic heterocycles. The molecule has 1 aliphatic rings. The van der Waals surface area contributed by atoms with Gasteiger partial charge < -0.3 is 4.42 Å². The minimum absolute atomic E-state index is 0.00526. The monoisotopic (exact) mass is 295 g/mol. The molecule has 0 spiro atoms. The standard InChI is InChI=1S/C14H15F2N3O2/c15-11-5-1-3-9(12(11)16)7-19-6-2-4-10(8-19)13-17-18-14(20)21-13/h1,3,5,10H,2,4,6-8H2,(H,18,20)/t10-/m0/s1. The van der Waals surface area contributed by atoms with Crippen molar-refractivity contribution < 1.29 is 13.2 Å². The number of nitrogens with one attached hydrogen (secondary N) is 1. The molecule has 2 aromatic rings. The van der Waals surface area contributed by atoms with Crippen LogP contribution >= 0.6 is 0 Å². The van der Waals surface area contributed by atoms with Gasteiger partial charge in [-0.05, 0) is 25.5 Å². The highest BCUT2D eigenvalue weighted by molar-refractivity contribution is 5.19. The minimum Gasteiger partial charge on any atom is -0.392 e. The zero-order valence-corrected chi connectivity index (χ0v) is 11.3. The molecule has 1 atom stereocenters. The lowest BCUT2D eigenvalue weighted by Gasteiger charge is -2.31. The fraction of sp³-hybridized carbons (Fsp3) is 0.429. The quantitative estimate of drug-likeness (QED) is 0.941. The van der Waals surface area contributed by atoms with Gasteiger partial charge in [0.15, 0.2) is 11.6 Å². The smallest absolute Gasteiger partial charge is 0.392 e. The number of hydrogen-bond acceptors (Lipinski definition) is 4. The van der Waals surface area contributed by atoms with E-state index in [4.69, 9.17) is 4.42 Å². The van der Waals surface area contributed by atoms with Gasteiger partial charge in [0.2, 0.25) is 5.89 Å². The lowest BCUT2D eigenvalue weighted by atomic mass is 9.97. The van der Waals surface area contributed by atoms with Crippen LogP contribution in [0.25, 0.3) is 0 Å². The number of aromatic nitrogens is 2. The predicted molar refractivity (Wildman–Crippen MR) is 70.7 cm³/mol. The maximum atomic E-state index is 13.7. The molecule has 5 nitrogen and oxygen atoms in total. The molecule has 1 fully saturated rings. The normalized spacial score (nSPS) is 19.8. The van der Waals surface area contributed by atoms with Gasteiger partial charge in [0, 0.05) is 18.7 Å². The summed E-state index contributed by atoms with van der Waals surface area (Å²) in [6, 6.07) is 4.19. The van der Waals surface area contributed by atoms with Crippen LogP contribution in [0.5, 0.6) is 0 Å². The first kappa shape index (κ1) is 13.9. The molecular weight excluding hydrogens is 280 g/mol. The van der Waals surface area contributed by atoms with Crippen LogP contribution in [0.4, 0.5) is 8.78 Å². The summed E-state index contributed by atoms with van der Waals surface area (Å²) in [7, 11) is 0. The second-order valence-corrected chi connectivity index (χ2v) is 5.24. The average molecular weight is 295 g/mol. The van der Waals surface area contributed by atoms with E-state index in [2.05, 4.69) is 10.2 Å². The summed E-state index contributed by atoms with van der Waals surface area (Å²) in [6.45, 7) is 1.72. The molecule has 0 aliphatic carbocycles. The number of likely N-dealkylation sites (tertiary alicyclic amines) is 1. The van der Waals surface area contributed by atoms with Crippen LogP contribution in [-0.4, -0.2) is 28.2 Å². The topological polar surface area (TPSA) is 62.1 Å². The van der Waals surface area contributed by atoms with Gasteiger partial charge in [0.25, 0.3) is 0 Å². The number of aromatic amines is 1. The van der Waals surface area contributed by atoms with Gasteiger partial charge in [0.05, 0.1) is 5.92 Å². The molecule has 1 N–H and O–H groups in total. The Kier molecular flexibility index (Phi) is 3.83. The van der Waals surface area contributed by atoms with Gasteiger partial charge in [-0.25, -0.2) is 18.7 Å². The Morgan fingerprint density at radius 1 is 1.43 bits per heavy atom. The first-order chi connectivity index (χ1) is 10.1. The fourth-order valence-corrected chi connectivity index (χ4v) is 2.73. The summed E-state index contributed by atoms with van der Waals surface area (Å²) in [4.78, 5) is 13.0. The van der Waals surface area contributed by atoms with Crippen molar-refractivity contribution >= 4 is 0 Å². The highest BCUT2D eigenvalue weighted by atomic mass is 19.2. The van der Waals surface area contributed by atoms with E-state index in [1.807, 2.05) is 4.90 Å². The van der Waals surface area contributed by atoms with E-state index >= 15 is 0 Å². The van der Waals surface area contributed by atoms with Gasteiger partial charge >= 0.3 is 5.76 Å². The fourth-order valence-electron chi connectivity index (χ4n) is 2.73. The van der Waals surface area contributed by atoms with Crippen LogP contribution in [0.2, 0.25) is 0 Å². The van der Waals surface area contributed by atoms with Crippen molar-refractivity contribution in [3.63, 3.8) is 0 Å². The molecule has 0 bridgehead atoms. The molecule has 0 amide bonds. The highest BCUT2D eigenvalue weighted by Crippen LogP contribution is 2.26. The van der Waals surface area contributed by atoms with Crippen LogP contribution in [-0.2, 0) is 6.54 Å². The van der Waals surface area contributed by atoms with Gasteiger partial charge in [-0.15, -0.1) is 5.10 Å². The molecule has 0 radical (unpaired) electrons. The summed E-state index contributed by atoms with van der Waals surface area (Å²) in [6.07, 6.45) is 1.74. The van der Waals surface area contributed by atoms with Gasteiger partial charge in [-0.2, -0.15) is 0 Å². The largest absolute Gasteiger partial charge is 0.434 e. The van der Waals surface area contributed by atoms with Crippen LogP contribution < -0.4 is 5.76 Å². The number of rotatable bonds is 3. The third-order valence-electron chi connectivity index (χ3n) is 3.73. The van der Waals surface area contributed by atoms with Crippen LogP contribution in [0.3, 0.4) is 0 Å². The maximum Gasteiger partial charge on any atom is 0.434 e. The summed E-state index contributed by atoms with van der Waals surface area (Å²) in [5.41, 5.74) is 0.333. The van der Waals surface area contributed by atoms with Crippen molar-refractivity contribution in [2.24, 2.45) is 0 Å². The average Bonchev–Trinajstić information content (AvgIpc) is 2.91. The number of benzene rings is 1. The molecule has 3 rings (SSSR count). The van der Waals surface area contributed by atoms with Crippen molar-refractivity contribution in [2.45, 2.75) is 25.3 Å². The van der Waals surface area contributed by atoms with E-state index in [9.17, 15) is 13.6 Å². The summed E-state index contributed by atoms with van der Waals surface area (Å²) < 4.78 is 31.9. The van der Waals surface area contributed by atoms with Gasteiger partial charge in [-0.3, -0.25) is 4.90 Å². The Labute approximate surface area is 119 Å². The van der Waals surface area contributed by atoms with E-state index in [1.54, 1.807) is 6.07 Å². The first-order valence-corrected chi connectivity index (χ1v) is 6.84. The second-order valence-electron chi connectivity index (χ2n) is 5.24. The van der Waals surface area contributed by atoms with Crippen molar-refractivity contribution in [3.05, 3.63) is 51.8 Å². The number of piperidine rings is 1. The molecule has 1 aromatic carbocycles. The van der Waals surface area contributed by atoms with Gasteiger partial charge in [-0.1, -0.05) is 12.1 Å². The van der Waals surface area contributed by atoms with Crippen molar-refractivity contribution in [2.75, 3.05) is 13.1 Å². The SMILES string of the molecule is O=c1[nH]nc([C@H]2CCCN(Cc3cccc(F)c3F)C2)o1. The number of halogens is 2. The Morgan fingerprint density at radius 2 is 2.29 bits per heavy atom. The Bertz CT molecular complexity index is 683. The van der Waals surface area contributed by atoms with E-state index in [1.165, 1.54) is 6.07 Å². The van der Waals surface area contributed by atoms with Crippen molar-refractivity contribution in [1.82, 2.24) is 15.1 Å². The van der Waals surface area contributed by atoms with Crippen LogP contribution in [0.15, 0.2) is 27.4 Å². The van der Waals surface area contributed by atoms with Crippen LogP contribution in [0, 0.1) is 11.6 Å². The summed E-state index contributed by atoms with van der Waals surface area (Å²) in [5, 5.41) is 6.09. The molecule has 1 aromatic heterocycles. The lowest BCUT2D eigenvalue weighted by molar-refractivity contribution is 0.182. The molecule has 2 heterocycles. The van der Waals surface area contributed by atoms with Crippen molar-refractivity contribution in [3.8, 4) is 0 Å².